The zero-order chi connectivity index (χ0) is 19.6. The highest BCUT2D eigenvalue weighted by molar-refractivity contribution is 6.01. The molecule has 3 aromatic rings. The van der Waals surface area contributed by atoms with Crippen LogP contribution in [0.5, 0.6) is 0 Å². The molecule has 0 fully saturated rings. The van der Waals surface area contributed by atoms with Gasteiger partial charge >= 0.3 is 0 Å². The van der Waals surface area contributed by atoms with Crippen LogP contribution in [0, 0.1) is 17.6 Å². The third-order valence-electron chi connectivity index (χ3n) is 4.06. The Labute approximate surface area is 154 Å². The van der Waals surface area contributed by atoms with Gasteiger partial charge in [0.25, 0.3) is 5.91 Å². The summed E-state index contributed by atoms with van der Waals surface area (Å²) < 4.78 is 27.6. The Morgan fingerprint density at radius 1 is 1.04 bits per heavy atom. The van der Waals surface area contributed by atoms with Crippen LogP contribution >= 0.6 is 0 Å². The number of hydrogen-bond donors (Lipinski definition) is 3. The molecule has 1 atom stereocenters. The first-order valence-corrected chi connectivity index (χ1v) is 8.37. The van der Waals surface area contributed by atoms with Gasteiger partial charge in [-0.25, -0.2) is 13.8 Å². The Bertz CT molecular complexity index is 947. The van der Waals surface area contributed by atoms with Gasteiger partial charge in [-0.05, 0) is 30.2 Å². The number of aromatic amines is 1. The number of nitrogens with one attached hydrogen (secondary N) is 3. The van der Waals surface area contributed by atoms with Crippen molar-refractivity contribution in [1.82, 2.24) is 15.3 Å². The number of amides is 2. The fraction of sp³-hybridized carbons (Fsp3) is 0.211. The Balaban J connectivity index is 1.78. The highest BCUT2D eigenvalue weighted by Gasteiger charge is 2.27. The number of H-pyrrole nitrogens is 1. The first kappa shape index (κ1) is 18.5. The molecule has 140 valence electrons. The summed E-state index contributed by atoms with van der Waals surface area (Å²) in [6.07, 6.45) is 0. The zero-order valence-corrected chi connectivity index (χ0v) is 14.7. The van der Waals surface area contributed by atoms with Crippen LogP contribution in [-0.4, -0.2) is 27.8 Å². The number of aromatic nitrogens is 2. The highest BCUT2D eigenvalue weighted by atomic mass is 19.1. The Morgan fingerprint density at radius 3 is 2.33 bits per heavy atom. The van der Waals surface area contributed by atoms with Crippen molar-refractivity contribution in [2.45, 2.75) is 19.9 Å². The second-order valence-corrected chi connectivity index (χ2v) is 6.38. The third kappa shape index (κ3) is 3.94. The van der Waals surface area contributed by atoms with Gasteiger partial charge in [-0.3, -0.25) is 14.9 Å². The lowest BCUT2D eigenvalue weighted by Gasteiger charge is -2.21. The van der Waals surface area contributed by atoms with Gasteiger partial charge in [0.15, 0.2) is 0 Å². The van der Waals surface area contributed by atoms with Crippen molar-refractivity contribution in [2.24, 2.45) is 5.92 Å². The molecule has 3 rings (SSSR count). The van der Waals surface area contributed by atoms with Crippen molar-refractivity contribution < 1.29 is 18.4 Å². The van der Waals surface area contributed by atoms with Crippen molar-refractivity contribution in [3.05, 3.63) is 59.7 Å². The first-order valence-electron chi connectivity index (χ1n) is 8.37. The third-order valence-corrected chi connectivity index (χ3v) is 4.06. The highest BCUT2D eigenvalue weighted by Crippen LogP contribution is 2.16. The molecule has 8 heteroatoms. The molecular formula is C19H18F2N4O2. The number of imidazole rings is 1. The Hall–Kier alpha value is -3.29. The lowest BCUT2D eigenvalue weighted by atomic mass is 10.0. The monoisotopic (exact) mass is 372 g/mol. The number of carbonyl (C=O) groups is 2. The van der Waals surface area contributed by atoms with Gasteiger partial charge in [0.05, 0.1) is 11.0 Å². The lowest BCUT2D eigenvalue weighted by molar-refractivity contribution is -0.118. The molecule has 0 radical (unpaired) electrons. The predicted molar refractivity (Wildman–Crippen MR) is 97.2 cm³/mol. The van der Waals surface area contributed by atoms with Crippen molar-refractivity contribution in [1.29, 1.82) is 0 Å². The number of fused-ring (bicyclic) bond motifs is 1. The SMILES string of the molecule is CC(C)[C@@H](NC(=O)c1c(F)cccc1F)C(=O)Nc1nc2ccccc2[nH]1. The minimum Gasteiger partial charge on any atom is -0.340 e. The average molecular weight is 372 g/mol. The van der Waals surface area contributed by atoms with Gasteiger partial charge in [-0.1, -0.05) is 32.0 Å². The molecule has 0 aliphatic carbocycles. The van der Waals surface area contributed by atoms with E-state index < -0.39 is 35.1 Å². The van der Waals surface area contributed by atoms with E-state index in [1.165, 1.54) is 0 Å². The fourth-order valence-electron chi connectivity index (χ4n) is 2.67. The molecule has 0 spiro atoms. The fourth-order valence-corrected chi connectivity index (χ4v) is 2.67. The molecule has 6 nitrogen and oxygen atoms in total. The smallest absolute Gasteiger partial charge is 0.257 e. The Kier molecular flexibility index (Phi) is 5.16. The molecule has 2 amide bonds. The van der Waals surface area contributed by atoms with E-state index in [2.05, 4.69) is 20.6 Å². The number of hydrogen-bond acceptors (Lipinski definition) is 3. The maximum Gasteiger partial charge on any atom is 0.257 e. The molecule has 0 aliphatic rings. The standard InChI is InChI=1S/C19H18F2N4O2/c1-10(2)16(24-17(26)15-11(20)6-5-7-12(15)21)18(27)25-19-22-13-8-3-4-9-14(13)23-19/h3-10,16H,1-2H3,(H,24,26)(H2,22,23,25,27)/t16-/m1/s1. The van der Waals surface area contributed by atoms with Crippen LogP contribution in [0.4, 0.5) is 14.7 Å². The van der Waals surface area contributed by atoms with E-state index in [-0.39, 0.29) is 11.9 Å². The van der Waals surface area contributed by atoms with E-state index in [1.807, 2.05) is 12.1 Å². The van der Waals surface area contributed by atoms with E-state index >= 15 is 0 Å². The number of anilines is 1. The first-order chi connectivity index (χ1) is 12.9. The number of para-hydroxylation sites is 2. The number of nitrogens with zero attached hydrogens (tertiary/aromatic N) is 1. The van der Waals surface area contributed by atoms with Crippen molar-refractivity contribution in [3.63, 3.8) is 0 Å². The van der Waals surface area contributed by atoms with Gasteiger partial charge < -0.3 is 10.3 Å². The van der Waals surface area contributed by atoms with E-state index in [0.717, 1.165) is 23.7 Å². The van der Waals surface area contributed by atoms with Crippen LogP contribution in [0.2, 0.25) is 0 Å². The number of halogens is 2. The maximum atomic E-state index is 13.8. The second-order valence-electron chi connectivity index (χ2n) is 6.38. The maximum absolute atomic E-state index is 13.8. The molecule has 0 aliphatic heterocycles. The van der Waals surface area contributed by atoms with E-state index in [4.69, 9.17) is 0 Å². The van der Waals surface area contributed by atoms with Crippen LogP contribution < -0.4 is 10.6 Å². The van der Waals surface area contributed by atoms with E-state index in [9.17, 15) is 18.4 Å². The summed E-state index contributed by atoms with van der Waals surface area (Å²) in [5, 5.41) is 4.99. The van der Waals surface area contributed by atoms with Gasteiger partial charge in [-0.15, -0.1) is 0 Å². The number of benzene rings is 2. The molecule has 1 heterocycles. The van der Waals surface area contributed by atoms with Crippen molar-refractivity contribution in [3.8, 4) is 0 Å². The molecular weight excluding hydrogens is 354 g/mol. The molecule has 3 N–H and O–H groups in total. The van der Waals surface area contributed by atoms with Crippen LogP contribution in [-0.2, 0) is 4.79 Å². The quantitative estimate of drug-likeness (QED) is 0.643. The molecule has 0 unspecified atom stereocenters. The van der Waals surface area contributed by atoms with Crippen LogP contribution in [0.15, 0.2) is 42.5 Å². The normalized spacial score (nSPS) is 12.2. The number of carbonyl (C=O) groups excluding carboxylic acids is 2. The van der Waals surface area contributed by atoms with E-state index in [0.29, 0.717) is 5.52 Å². The molecule has 0 saturated heterocycles. The summed E-state index contributed by atoms with van der Waals surface area (Å²) in [6, 6.07) is 9.35. The lowest BCUT2D eigenvalue weighted by Crippen LogP contribution is -2.47. The largest absolute Gasteiger partial charge is 0.340 e. The molecule has 1 aromatic heterocycles. The zero-order valence-electron chi connectivity index (χ0n) is 14.7. The topological polar surface area (TPSA) is 86.9 Å². The van der Waals surface area contributed by atoms with Crippen LogP contribution in [0.25, 0.3) is 11.0 Å². The van der Waals surface area contributed by atoms with Gasteiger partial charge in [0, 0.05) is 0 Å². The molecule has 0 bridgehead atoms. The van der Waals surface area contributed by atoms with Gasteiger partial charge in [0.1, 0.15) is 23.2 Å². The van der Waals surface area contributed by atoms with Gasteiger partial charge in [-0.2, -0.15) is 0 Å². The Morgan fingerprint density at radius 2 is 1.70 bits per heavy atom. The van der Waals surface area contributed by atoms with Crippen molar-refractivity contribution in [2.75, 3.05) is 5.32 Å². The summed E-state index contributed by atoms with van der Waals surface area (Å²) in [5.74, 6) is -3.63. The molecule has 27 heavy (non-hydrogen) atoms. The van der Waals surface area contributed by atoms with E-state index in [1.54, 1.807) is 26.0 Å². The predicted octanol–water partition coefficient (Wildman–Crippen LogP) is 3.23. The number of rotatable bonds is 5. The van der Waals surface area contributed by atoms with Crippen molar-refractivity contribution >= 4 is 28.8 Å². The summed E-state index contributed by atoms with van der Waals surface area (Å²) in [7, 11) is 0. The minimum atomic E-state index is -1.01. The minimum absolute atomic E-state index is 0.221. The molecule has 0 saturated carbocycles. The van der Waals surface area contributed by atoms with Crippen LogP contribution in [0.3, 0.4) is 0 Å². The molecule has 2 aromatic carbocycles. The summed E-state index contributed by atoms with van der Waals surface area (Å²) in [4.78, 5) is 32.1. The average Bonchev–Trinajstić information content (AvgIpc) is 3.01. The summed E-state index contributed by atoms with van der Waals surface area (Å²) in [5.41, 5.74) is 0.692. The second kappa shape index (κ2) is 7.53. The van der Waals surface area contributed by atoms with Gasteiger partial charge in [0.2, 0.25) is 11.9 Å². The summed E-state index contributed by atoms with van der Waals surface area (Å²) in [6.45, 7) is 3.42. The summed E-state index contributed by atoms with van der Waals surface area (Å²) >= 11 is 0. The van der Waals surface area contributed by atoms with Crippen LogP contribution in [0.1, 0.15) is 24.2 Å².